The number of hydrogen-bond acceptors (Lipinski definition) is 4. The predicted molar refractivity (Wildman–Crippen MR) is 108 cm³/mol. The molecule has 1 heterocycles. The maximum absolute atomic E-state index is 13.8. The molecule has 0 aromatic heterocycles. The number of aliphatic hydroxyl groups is 1. The summed E-state index contributed by atoms with van der Waals surface area (Å²) in [6, 6.07) is 9.53. The Labute approximate surface area is 177 Å². The Kier molecular flexibility index (Phi) is 6.45. The molecule has 0 aliphatic carbocycles. The van der Waals surface area contributed by atoms with Gasteiger partial charge in [-0.25, -0.2) is 9.18 Å². The molecule has 8 heteroatoms. The van der Waals surface area contributed by atoms with Crippen molar-refractivity contribution in [2.75, 3.05) is 13.2 Å². The monoisotopic (exact) mass is 437 g/mol. The van der Waals surface area contributed by atoms with E-state index in [2.05, 4.69) is 0 Å². The fourth-order valence-corrected chi connectivity index (χ4v) is 3.53. The second-order valence-electron chi connectivity index (χ2n) is 6.48. The number of carbonyl (C=O) groups excluding carboxylic acids is 2. The molecule has 1 atom stereocenters. The molecule has 5 nitrogen and oxygen atoms in total. The summed E-state index contributed by atoms with van der Waals surface area (Å²) in [6.07, 6.45) is -0.0127. The molecule has 1 N–H and O–H groups in total. The van der Waals surface area contributed by atoms with E-state index >= 15 is 0 Å². The van der Waals surface area contributed by atoms with Crippen molar-refractivity contribution in [3.05, 3.63) is 80.8 Å². The highest BCUT2D eigenvalue weighted by Gasteiger charge is 2.36. The zero-order valence-electron chi connectivity index (χ0n) is 15.5. The van der Waals surface area contributed by atoms with Gasteiger partial charge in [-0.15, -0.1) is 0 Å². The number of amides is 1. The van der Waals surface area contributed by atoms with Crippen LogP contribution in [0.4, 0.5) is 4.39 Å². The van der Waals surface area contributed by atoms with Gasteiger partial charge in [0.2, 0.25) is 0 Å². The summed E-state index contributed by atoms with van der Waals surface area (Å²) in [5.74, 6) is -1.83. The topological polar surface area (TPSA) is 66.8 Å². The second-order valence-corrected chi connectivity index (χ2v) is 7.30. The second kappa shape index (κ2) is 8.84. The van der Waals surface area contributed by atoms with Crippen molar-refractivity contribution >= 4 is 35.1 Å². The van der Waals surface area contributed by atoms with Crippen LogP contribution in [-0.2, 0) is 9.53 Å². The van der Waals surface area contributed by atoms with Crippen LogP contribution in [0.5, 0.6) is 0 Å². The number of nitrogens with zero attached hydrogens (tertiary/aromatic N) is 1. The summed E-state index contributed by atoms with van der Waals surface area (Å²) in [5.41, 5.74) is 0.820. The van der Waals surface area contributed by atoms with Gasteiger partial charge in [0.15, 0.2) is 0 Å². The zero-order chi connectivity index (χ0) is 21.1. The lowest BCUT2D eigenvalue weighted by molar-refractivity contribution is -0.139. The van der Waals surface area contributed by atoms with Crippen molar-refractivity contribution in [2.45, 2.75) is 19.4 Å². The lowest BCUT2D eigenvalue weighted by Gasteiger charge is -2.36. The number of aliphatic hydroxyl groups excluding tert-OH is 1. The zero-order valence-corrected chi connectivity index (χ0v) is 17.0. The van der Waals surface area contributed by atoms with E-state index < -0.39 is 23.7 Å². The molecular weight excluding hydrogens is 420 g/mol. The van der Waals surface area contributed by atoms with Crippen molar-refractivity contribution in [2.24, 2.45) is 0 Å². The van der Waals surface area contributed by atoms with E-state index in [-0.39, 0.29) is 41.5 Å². The summed E-state index contributed by atoms with van der Waals surface area (Å²) >= 11 is 11.9. The Bertz CT molecular complexity index is 992. The van der Waals surface area contributed by atoms with Crippen molar-refractivity contribution in [3.63, 3.8) is 0 Å². The average Bonchev–Trinajstić information content (AvgIpc) is 2.69. The fraction of sp³-hybridized carbons (Fsp3) is 0.238. The van der Waals surface area contributed by atoms with Gasteiger partial charge in [-0.05, 0) is 42.8 Å². The molecule has 2 aromatic rings. The van der Waals surface area contributed by atoms with Crippen LogP contribution in [-0.4, -0.2) is 35.0 Å². The Morgan fingerprint density at radius 1 is 1.21 bits per heavy atom. The van der Waals surface area contributed by atoms with E-state index in [1.807, 2.05) is 0 Å². The van der Waals surface area contributed by atoms with Crippen LogP contribution < -0.4 is 0 Å². The molecule has 29 heavy (non-hydrogen) atoms. The van der Waals surface area contributed by atoms with Crippen LogP contribution >= 0.6 is 23.2 Å². The third kappa shape index (κ3) is 4.54. The first-order valence-corrected chi connectivity index (χ1v) is 9.67. The SMILES string of the molecule is CCOC(=O)C1=C(O)CN(C(=O)c2ccc(Cl)c(Cl)c2)C(c2cccc(F)c2)C1. The Balaban J connectivity index is 2.03. The lowest BCUT2D eigenvalue weighted by Crippen LogP contribution is -2.41. The molecular formula is C21H18Cl2FNO4. The maximum Gasteiger partial charge on any atom is 0.337 e. The highest BCUT2D eigenvalue weighted by molar-refractivity contribution is 6.42. The van der Waals surface area contributed by atoms with Crippen molar-refractivity contribution in [1.29, 1.82) is 0 Å². The molecule has 0 saturated carbocycles. The number of benzene rings is 2. The molecule has 1 aliphatic heterocycles. The predicted octanol–water partition coefficient (Wildman–Crippen LogP) is 5.09. The summed E-state index contributed by atoms with van der Waals surface area (Å²) in [7, 11) is 0. The van der Waals surface area contributed by atoms with Gasteiger partial charge in [0.25, 0.3) is 5.91 Å². The third-order valence-electron chi connectivity index (χ3n) is 4.62. The van der Waals surface area contributed by atoms with Crippen LogP contribution in [0.15, 0.2) is 53.8 Å². The summed E-state index contributed by atoms with van der Waals surface area (Å²) in [6.45, 7) is 1.57. The number of ether oxygens (including phenoxy) is 1. The summed E-state index contributed by atoms with van der Waals surface area (Å²) < 4.78 is 18.8. The van der Waals surface area contributed by atoms with Crippen molar-refractivity contribution < 1.29 is 23.8 Å². The van der Waals surface area contributed by atoms with Crippen LogP contribution in [0, 0.1) is 5.82 Å². The first-order valence-electron chi connectivity index (χ1n) is 8.91. The number of halogens is 3. The van der Waals surface area contributed by atoms with Crippen LogP contribution in [0.25, 0.3) is 0 Å². The number of carbonyl (C=O) groups is 2. The minimum Gasteiger partial charge on any atom is -0.510 e. The minimum absolute atomic E-state index is 0.0127. The summed E-state index contributed by atoms with van der Waals surface area (Å²) in [4.78, 5) is 26.8. The van der Waals surface area contributed by atoms with Crippen molar-refractivity contribution in [1.82, 2.24) is 4.90 Å². The lowest BCUT2D eigenvalue weighted by atomic mass is 9.92. The van der Waals surface area contributed by atoms with Gasteiger partial charge in [-0.2, -0.15) is 0 Å². The number of esters is 1. The number of rotatable bonds is 4. The molecule has 0 bridgehead atoms. The van der Waals surface area contributed by atoms with E-state index in [1.54, 1.807) is 13.0 Å². The average molecular weight is 438 g/mol. The largest absolute Gasteiger partial charge is 0.510 e. The molecule has 1 aliphatic rings. The Hall–Kier alpha value is -2.57. The van der Waals surface area contributed by atoms with Gasteiger partial charge in [-0.3, -0.25) is 4.79 Å². The van der Waals surface area contributed by atoms with E-state index in [1.165, 1.54) is 41.3 Å². The van der Waals surface area contributed by atoms with Crippen LogP contribution in [0.2, 0.25) is 10.0 Å². The molecule has 3 rings (SSSR count). The van der Waals surface area contributed by atoms with Gasteiger partial charge < -0.3 is 14.7 Å². The highest BCUT2D eigenvalue weighted by atomic mass is 35.5. The smallest absolute Gasteiger partial charge is 0.337 e. The fourth-order valence-electron chi connectivity index (χ4n) is 3.23. The summed E-state index contributed by atoms with van der Waals surface area (Å²) in [5, 5.41) is 10.9. The number of hydrogen-bond donors (Lipinski definition) is 1. The quantitative estimate of drug-likeness (QED) is 0.675. The molecule has 152 valence electrons. The minimum atomic E-state index is -0.678. The van der Waals surface area contributed by atoms with Gasteiger partial charge in [0.05, 0.1) is 34.8 Å². The molecule has 1 unspecified atom stereocenters. The van der Waals surface area contributed by atoms with Gasteiger partial charge in [0.1, 0.15) is 11.6 Å². The molecule has 0 saturated heterocycles. The van der Waals surface area contributed by atoms with Crippen LogP contribution in [0.1, 0.15) is 35.3 Å². The normalized spacial score (nSPS) is 16.7. The van der Waals surface area contributed by atoms with E-state index in [9.17, 15) is 19.1 Å². The highest BCUT2D eigenvalue weighted by Crippen LogP contribution is 2.36. The van der Waals surface area contributed by atoms with Crippen LogP contribution in [0.3, 0.4) is 0 Å². The molecule has 1 amide bonds. The van der Waals surface area contributed by atoms with E-state index in [4.69, 9.17) is 27.9 Å². The third-order valence-corrected chi connectivity index (χ3v) is 5.36. The van der Waals surface area contributed by atoms with Crippen molar-refractivity contribution in [3.8, 4) is 0 Å². The molecule has 0 spiro atoms. The molecule has 0 radical (unpaired) electrons. The van der Waals surface area contributed by atoms with E-state index in [0.29, 0.717) is 10.6 Å². The van der Waals surface area contributed by atoms with Gasteiger partial charge >= 0.3 is 5.97 Å². The van der Waals surface area contributed by atoms with Gasteiger partial charge in [-0.1, -0.05) is 35.3 Å². The maximum atomic E-state index is 13.8. The standard InChI is InChI=1S/C21H18Cl2FNO4/c1-2-29-21(28)15-10-18(12-4-3-5-14(24)8-12)25(11-19(15)26)20(27)13-6-7-16(22)17(23)9-13/h3-9,18,26H,2,10-11H2,1H3. The van der Waals surface area contributed by atoms with Gasteiger partial charge in [0, 0.05) is 12.0 Å². The molecule has 2 aromatic carbocycles. The first kappa shape index (κ1) is 21.1. The Morgan fingerprint density at radius 2 is 1.97 bits per heavy atom. The molecule has 0 fully saturated rings. The first-order chi connectivity index (χ1) is 13.8. The van der Waals surface area contributed by atoms with E-state index in [0.717, 1.165) is 0 Å². The Morgan fingerprint density at radius 3 is 2.62 bits per heavy atom.